The number of rotatable bonds is 6. The molecule has 1 heterocycles. The summed E-state index contributed by atoms with van der Waals surface area (Å²) in [4.78, 5) is 25.9. The molecule has 1 aromatic rings. The average molecular weight is 332 g/mol. The lowest BCUT2D eigenvalue weighted by Crippen LogP contribution is -2.45. The minimum atomic E-state index is -0.604. The minimum absolute atomic E-state index is 0.0604. The van der Waals surface area contributed by atoms with Crippen LogP contribution in [0.15, 0.2) is 24.3 Å². The predicted molar refractivity (Wildman–Crippen MR) is 94.7 cm³/mol. The van der Waals surface area contributed by atoms with Crippen LogP contribution in [0.2, 0.25) is 0 Å². The van der Waals surface area contributed by atoms with E-state index < -0.39 is 11.8 Å². The van der Waals surface area contributed by atoms with E-state index in [1.165, 1.54) is 24.8 Å². The highest BCUT2D eigenvalue weighted by atomic mass is 16.3. The number of carbonyl (C=O) groups excluding carboxylic acids is 2. The number of unbranched alkanes of at least 4 members (excludes halogenated alkanes) is 2. The van der Waals surface area contributed by atoms with Gasteiger partial charge < -0.3 is 15.3 Å². The molecule has 1 aliphatic rings. The van der Waals surface area contributed by atoms with Crippen LogP contribution in [0.1, 0.15) is 44.6 Å². The molecular formula is C19H28N2O3. The van der Waals surface area contributed by atoms with Crippen LogP contribution >= 0.6 is 0 Å². The van der Waals surface area contributed by atoms with Gasteiger partial charge in [-0.3, -0.25) is 9.59 Å². The lowest BCUT2D eigenvalue weighted by Gasteiger charge is -2.31. The van der Waals surface area contributed by atoms with E-state index in [4.69, 9.17) is 0 Å². The maximum atomic E-state index is 12.2. The van der Waals surface area contributed by atoms with Crippen LogP contribution in [0.5, 0.6) is 0 Å². The SMILES string of the molecule is CCCCCc1ccc(NC(=O)C(=O)N2CCCC(CO)C2)cc1. The molecule has 1 fully saturated rings. The molecule has 0 aromatic heterocycles. The van der Waals surface area contributed by atoms with Gasteiger partial charge in [-0.25, -0.2) is 0 Å². The molecule has 0 aliphatic carbocycles. The van der Waals surface area contributed by atoms with Crippen LogP contribution in [-0.2, 0) is 16.0 Å². The zero-order valence-electron chi connectivity index (χ0n) is 14.5. The standard InChI is InChI=1S/C19H28N2O3/c1-2-3-4-6-15-8-10-17(11-9-15)20-18(23)19(24)21-12-5-7-16(13-21)14-22/h8-11,16,22H,2-7,12-14H2,1H3,(H,20,23). The van der Waals surface area contributed by atoms with Crippen LogP contribution in [0.4, 0.5) is 5.69 Å². The Kier molecular flexibility index (Phi) is 7.25. The van der Waals surface area contributed by atoms with Gasteiger partial charge in [0.2, 0.25) is 0 Å². The number of piperidine rings is 1. The minimum Gasteiger partial charge on any atom is -0.396 e. The lowest BCUT2D eigenvalue weighted by molar-refractivity contribution is -0.144. The Morgan fingerprint density at radius 2 is 2.00 bits per heavy atom. The normalized spacial score (nSPS) is 17.6. The maximum Gasteiger partial charge on any atom is 0.313 e. The highest BCUT2D eigenvalue weighted by Crippen LogP contribution is 2.17. The molecule has 2 amide bonds. The van der Waals surface area contributed by atoms with Crippen LogP contribution < -0.4 is 5.32 Å². The molecule has 1 atom stereocenters. The van der Waals surface area contributed by atoms with Gasteiger partial charge in [0, 0.05) is 25.4 Å². The number of benzene rings is 1. The summed E-state index contributed by atoms with van der Waals surface area (Å²) < 4.78 is 0. The molecule has 1 saturated heterocycles. The van der Waals surface area contributed by atoms with Crippen molar-refractivity contribution in [3.63, 3.8) is 0 Å². The fourth-order valence-electron chi connectivity index (χ4n) is 3.06. The Labute approximate surface area is 144 Å². The maximum absolute atomic E-state index is 12.2. The highest BCUT2D eigenvalue weighted by Gasteiger charge is 2.27. The van der Waals surface area contributed by atoms with E-state index in [2.05, 4.69) is 12.2 Å². The number of aliphatic hydroxyl groups excluding tert-OH is 1. The van der Waals surface area contributed by atoms with Crippen molar-refractivity contribution in [3.05, 3.63) is 29.8 Å². The van der Waals surface area contributed by atoms with E-state index in [1.807, 2.05) is 24.3 Å². The molecule has 1 aliphatic heterocycles. The molecule has 132 valence electrons. The van der Waals surface area contributed by atoms with Crippen molar-refractivity contribution in [1.29, 1.82) is 0 Å². The quantitative estimate of drug-likeness (QED) is 0.621. The molecule has 0 saturated carbocycles. The number of nitrogens with one attached hydrogen (secondary N) is 1. The third kappa shape index (κ3) is 5.34. The van der Waals surface area contributed by atoms with Crippen LogP contribution in [0, 0.1) is 5.92 Å². The van der Waals surface area contributed by atoms with Gasteiger partial charge in [0.25, 0.3) is 0 Å². The molecular weight excluding hydrogens is 304 g/mol. The van der Waals surface area contributed by atoms with Crippen molar-refractivity contribution in [2.24, 2.45) is 5.92 Å². The molecule has 24 heavy (non-hydrogen) atoms. The van der Waals surface area contributed by atoms with Gasteiger partial charge in [-0.1, -0.05) is 31.9 Å². The number of anilines is 1. The summed E-state index contributed by atoms with van der Waals surface area (Å²) in [6, 6.07) is 7.69. The summed E-state index contributed by atoms with van der Waals surface area (Å²) >= 11 is 0. The van der Waals surface area contributed by atoms with Crippen LogP contribution in [0.3, 0.4) is 0 Å². The highest BCUT2D eigenvalue weighted by molar-refractivity contribution is 6.39. The predicted octanol–water partition coefficient (Wildman–Crippen LogP) is 2.59. The first-order chi connectivity index (χ1) is 11.6. The number of likely N-dealkylation sites (tertiary alicyclic amines) is 1. The van der Waals surface area contributed by atoms with E-state index in [-0.39, 0.29) is 12.5 Å². The summed E-state index contributed by atoms with van der Waals surface area (Å²) in [5, 5.41) is 11.9. The van der Waals surface area contributed by atoms with E-state index in [9.17, 15) is 14.7 Å². The van der Waals surface area contributed by atoms with Gasteiger partial charge in [-0.2, -0.15) is 0 Å². The Morgan fingerprint density at radius 3 is 2.67 bits per heavy atom. The molecule has 1 unspecified atom stereocenters. The van der Waals surface area contributed by atoms with Crippen molar-refractivity contribution < 1.29 is 14.7 Å². The molecule has 0 spiro atoms. The number of nitrogens with zero attached hydrogens (tertiary/aromatic N) is 1. The third-order valence-corrected chi connectivity index (χ3v) is 4.54. The molecule has 0 bridgehead atoms. The van der Waals surface area contributed by atoms with Gasteiger partial charge in [0.05, 0.1) is 0 Å². The number of aryl methyl sites for hydroxylation is 1. The van der Waals surface area contributed by atoms with Crippen LogP contribution in [0.25, 0.3) is 0 Å². The Hall–Kier alpha value is -1.88. The van der Waals surface area contributed by atoms with Gasteiger partial charge in [0.15, 0.2) is 0 Å². The van der Waals surface area contributed by atoms with Gasteiger partial charge in [-0.05, 0) is 49.3 Å². The Morgan fingerprint density at radius 1 is 1.25 bits per heavy atom. The summed E-state index contributed by atoms with van der Waals surface area (Å²) in [6.45, 7) is 3.28. The molecule has 0 radical (unpaired) electrons. The third-order valence-electron chi connectivity index (χ3n) is 4.54. The van der Waals surface area contributed by atoms with Crippen LogP contribution in [-0.4, -0.2) is 41.5 Å². The first-order valence-corrected chi connectivity index (χ1v) is 8.94. The molecule has 2 rings (SSSR count). The summed E-state index contributed by atoms with van der Waals surface area (Å²) in [5.74, 6) is -1.04. The molecule has 2 N–H and O–H groups in total. The van der Waals surface area contributed by atoms with Gasteiger partial charge in [-0.15, -0.1) is 0 Å². The second-order valence-corrected chi connectivity index (χ2v) is 6.55. The summed E-state index contributed by atoms with van der Waals surface area (Å²) in [6.07, 6.45) is 6.36. The number of hydrogen-bond acceptors (Lipinski definition) is 3. The fourth-order valence-corrected chi connectivity index (χ4v) is 3.06. The lowest BCUT2D eigenvalue weighted by atomic mass is 9.99. The zero-order valence-corrected chi connectivity index (χ0v) is 14.5. The second-order valence-electron chi connectivity index (χ2n) is 6.55. The molecule has 1 aromatic carbocycles. The Bertz CT molecular complexity index is 542. The van der Waals surface area contributed by atoms with Crippen molar-refractivity contribution in [2.45, 2.75) is 45.4 Å². The molecule has 5 nitrogen and oxygen atoms in total. The number of carbonyl (C=O) groups is 2. The van der Waals surface area contributed by atoms with Crippen molar-refractivity contribution >= 4 is 17.5 Å². The largest absolute Gasteiger partial charge is 0.396 e. The average Bonchev–Trinajstić information content (AvgIpc) is 2.62. The van der Waals surface area contributed by atoms with E-state index in [0.717, 1.165) is 19.3 Å². The zero-order chi connectivity index (χ0) is 17.4. The van der Waals surface area contributed by atoms with E-state index >= 15 is 0 Å². The second kappa shape index (κ2) is 9.42. The molecule has 5 heteroatoms. The van der Waals surface area contributed by atoms with E-state index in [0.29, 0.717) is 18.8 Å². The smallest absolute Gasteiger partial charge is 0.313 e. The van der Waals surface area contributed by atoms with Gasteiger partial charge >= 0.3 is 11.8 Å². The van der Waals surface area contributed by atoms with Crippen molar-refractivity contribution in [2.75, 3.05) is 25.0 Å². The number of aliphatic hydroxyl groups is 1. The first-order valence-electron chi connectivity index (χ1n) is 8.94. The number of hydrogen-bond donors (Lipinski definition) is 2. The number of amides is 2. The van der Waals surface area contributed by atoms with E-state index in [1.54, 1.807) is 4.90 Å². The Balaban J connectivity index is 1.85. The van der Waals surface area contributed by atoms with Crippen molar-refractivity contribution in [3.8, 4) is 0 Å². The first kappa shape index (κ1) is 18.5. The fraction of sp³-hybridized carbons (Fsp3) is 0.579. The van der Waals surface area contributed by atoms with Crippen molar-refractivity contribution in [1.82, 2.24) is 4.90 Å². The summed E-state index contributed by atoms with van der Waals surface area (Å²) in [5.41, 5.74) is 1.89. The topological polar surface area (TPSA) is 69.6 Å². The van der Waals surface area contributed by atoms with Gasteiger partial charge in [0.1, 0.15) is 0 Å². The monoisotopic (exact) mass is 332 g/mol. The summed E-state index contributed by atoms with van der Waals surface area (Å²) in [7, 11) is 0.